The number of phenolic OH excluding ortho intramolecular Hbond substituents is 2. The Hall–Kier alpha value is -3.90. The highest BCUT2D eigenvalue weighted by Gasteiger charge is 2.25. The van der Waals surface area contributed by atoms with Crippen LogP contribution in [-0.2, 0) is 4.74 Å². The minimum atomic E-state index is -0.798. The molecule has 0 saturated heterocycles. The number of fused-ring (bicyclic) bond motifs is 2. The van der Waals surface area contributed by atoms with Gasteiger partial charge in [0.05, 0.1) is 0 Å². The third kappa shape index (κ3) is 3.37. The molecule has 0 fully saturated rings. The minimum Gasteiger partial charge on any atom is -0.507 e. The lowest BCUT2D eigenvalue weighted by atomic mass is 9.95. The Labute approximate surface area is 179 Å². The van der Waals surface area contributed by atoms with Crippen molar-refractivity contribution in [3.63, 3.8) is 0 Å². The van der Waals surface area contributed by atoms with Gasteiger partial charge in [-0.25, -0.2) is 9.98 Å². The van der Waals surface area contributed by atoms with Crippen molar-refractivity contribution in [1.82, 2.24) is 5.32 Å². The molecule has 1 heterocycles. The summed E-state index contributed by atoms with van der Waals surface area (Å²) in [4.78, 5) is 9.18. The third-order valence-corrected chi connectivity index (χ3v) is 5.30. The van der Waals surface area contributed by atoms with Crippen LogP contribution >= 0.6 is 0 Å². The van der Waals surface area contributed by atoms with Crippen LogP contribution in [0.5, 0.6) is 11.5 Å². The molecule has 0 bridgehead atoms. The van der Waals surface area contributed by atoms with Crippen LogP contribution in [0.2, 0.25) is 0 Å². The molecule has 6 heteroatoms. The molecule has 0 spiro atoms. The summed E-state index contributed by atoms with van der Waals surface area (Å²) in [5.41, 5.74) is 1.13. The number of benzene rings is 4. The fraction of sp³-hybridized carbons (Fsp3) is 0.120. The van der Waals surface area contributed by atoms with Gasteiger partial charge in [-0.1, -0.05) is 54.6 Å². The number of aliphatic imine (C=N–C) groups is 2. The van der Waals surface area contributed by atoms with Crippen molar-refractivity contribution >= 4 is 33.2 Å². The summed E-state index contributed by atoms with van der Waals surface area (Å²) in [7, 11) is 0. The van der Waals surface area contributed by atoms with Gasteiger partial charge in [0.25, 0.3) is 0 Å². The predicted octanol–water partition coefficient (Wildman–Crippen LogP) is 4.52. The van der Waals surface area contributed by atoms with Gasteiger partial charge in [0, 0.05) is 12.2 Å². The van der Waals surface area contributed by atoms with Gasteiger partial charge >= 0.3 is 0 Å². The van der Waals surface area contributed by atoms with Crippen molar-refractivity contribution in [2.45, 2.75) is 13.3 Å². The highest BCUT2D eigenvalue weighted by Crippen LogP contribution is 2.31. The van der Waals surface area contributed by atoms with Gasteiger partial charge in [0.15, 0.2) is 0 Å². The van der Waals surface area contributed by atoms with Gasteiger partial charge in [-0.3, -0.25) is 0 Å². The molecular weight excluding hydrogens is 390 g/mol. The lowest BCUT2D eigenvalue weighted by Crippen LogP contribution is -2.38. The summed E-state index contributed by atoms with van der Waals surface area (Å²) in [5, 5.41) is 28.3. The first-order valence-electron chi connectivity index (χ1n) is 10.1. The number of rotatable bonds is 4. The average molecular weight is 411 g/mol. The molecule has 4 aromatic rings. The standard InChI is InChI=1S/C25H21N3O3/c1-2-31-25-27-23(26-24(28-25)22-19(29)12-7-13-20(22)30)21-17-10-5-3-8-15(17)14-16-9-4-6-11-18(16)21/h3-14,25,29-30H,2H2,1H3,(H,26,27,28). The SMILES string of the molecule is CCOC1N=C(c2c(O)cccc2O)NC(c2c3ccccc3cc3ccccc23)=N1. The second kappa shape index (κ2) is 7.74. The van der Waals surface area contributed by atoms with Crippen molar-refractivity contribution in [2.24, 2.45) is 9.98 Å². The molecule has 1 aliphatic heterocycles. The Balaban J connectivity index is 1.74. The van der Waals surface area contributed by atoms with Gasteiger partial charge < -0.3 is 20.3 Å². The second-order valence-corrected chi connectivity index (χ2v) is 7.23. The highest BCUT2D eigenvalue weighted by atomic mass is 16.5. The van der Waals surface area contributed by atoms with E-state index in [1.807, 2.05) is 31.2 Å². The van der Waals surface area contributed by atoms with Crippen LogP contribution in [-0.4, -0.2) is 34.8 Å². The summed E-state index contributed by atoms with van der Waals surface area (Å²) in [6, 6.07) is 23.0. The summed E-state index contributed by atoms with van der Waals surface area (Å²) in [6.07, 6.45) is -0.798. The molecule has 6 nitrogen and oxygen atoms in total. The molecule has 0 aliphatic carbocycles. The van der Waals surface area contributed by atoms with Gasteiger partial charge in [-0.15, -0.1) is 0 Å². The number of hydrogen-bond acceptors (Lipinski definition) is 6. The van der Waals surface area contributed by atoms with Crippen molar-refractivity contribution < 1.29 is 14.9 Å². The van der Waals surface area contributed by atoms with Crippen LogP contribution in [0, 0.1) is 0 Å². The molecule has 0 aromatic heterocycles. The monoisotopic (exact) mass is 411 g/mol. The van der Waals surface area contributed by atoms with E-state index < -0.39 is 6.35 Å². The number of phenols is 2. The smallest absolute Gasteiger partial charge is 0.249 e. The van der Waals surface area contributed by atoms with Crippen LogP contribution in [0.1, 0.15) is 18.1 Å². The molecule has 1 atom stereocenters. The van der Waals surface area contributed by atoms with Gasteiger partial charge in [0.1, 0.15) is 28.7 Å². The maximum absolute atomic E-state index is 10.4. The first-order valence-corrected chi connectivity index (χ1v) is 10.1. The zero-order valence-corrected chi connectivity index (χ0v) is 16.9. The van der Waals surface area contributed by atoms with E-state index in [0.29, 0.717) is 18.3 Å². The fourth-order valence-corrected chi connectivity index (χ4v) is 3.94. The summed E-state index contributed by atoms with van der Waals surface area (Å²) in [5.74, 6) is 0.714. The third-order valence-electron chi connectivity index (χ3n) is 5.30. The first kappa shape index (κ1) is 19.1. The quantitative estimate of drug-likeness (QED) is 0.431. The number of hydrogen-bond donors (Lipinski definition) is 3. The first-order chi connectivity index (χ1) is 15.2. The van der Waals surface area contributed by atoms with E-state index in [4.69, 9.17) is 9.73 Å². The molecule has 0 amide bonds. The van der Waals surface area contributed by atoms with Crippen LogP contribution in [0.4, 0.5) is 0 Å². The number of ether oxygens (including phenoxy) is 1. The summed E-state index contributed by atoms with van der Waals surface area (Å²) >= 11 is 0. The van der Waals surface area contributed by atoms with Crippen molar-refractivity contribution in [1.29, 1.82) is 0 Å². The molecule has 3 N–H and O–H groups in total. The molecular formula is C25H21N3O3. The van der Waals surface area contributed by atoms with Gasteiger partial charge in [-0.2, -0.15) is 0 Å². The molecule has 0 radical (unpaired) electrons. The zero-order chi connectivity index (χ0) is 21.4. The van der Waals surface area contributed by atoms with E-state index in [1.54, 1.807) is 6.07 Å². The lowest BCUT2D eigenvalue weighted by Gasteiger charge is -2.24. The maximum Gasteiger partial charge on any atom is 0.249 e. The molecule has 5 rings (SSSR count). The molecule has 4 aromatic carbocycles. The number of amidine groups is 2. The Morgan fingerprint density at radius 2 is 1.32 bits per heavy atom. The van der Waals surface area contributed by atoms with Crippen LogP contribution in [0.25, 0.3) is 21.5 Å². The Morgan fingerprint density at radius 1 is 0.774 bits per heavy atom. The van der Waals surface area contributed by atoms with Crippen molar-refractivity contribution in [3.05, 3.63) is 83.9 Å². The van der Waals surface area contributed by atoms with E-state index in [-0.39, 0.29) is 17.1 Å². The van der Waals surface area contributed by atoms with Crippen molar-refractivity contribution in [2.75, 3.05) is 6.61 Å². The number of nitrogens with one attached hydrogen (secondary N) is 1. The van der Waals surface area contributed by atoms with Crippen molar-refractivity contribution in [3.8, 4) is 11.5 Å². The molecule has 0 saturated carbocycles. The molecule has 1 aliphatic rings. The summed E-state index contributed by atoms with van der Waals surface area (Å²) < 4.78 is 5.71. The summed E-state index contributed by atoms with van der Waals surface area (Å²) in [6.45, 7) is 2.29. The topological polar surface area (TPSA) is 86.4 Å². The van der Waals surface area contributed by atoms with Gasteiger partial charge in [-0.05, 0) is 46.7 Å². The minimum absolute atomic E-state index is 0.0782. The Morgan fingerprint density at radius 3 is 1.90 bits per heavy atom. The van der Waals surface area contributed by atoms with E-state index >= 15 is 0 Å². The lowest BCUT2D eigenvalue weighted by molar-refractivity contribution is 0.0750. The normalized spacial score (nSPS) is 16.1. The number of nitrogens with zero attached hydrogens (tertiary/aromatic N) is 2. The van der Waals surface area contributed by atoms with Crippen LogP contribution in [0.3, 0.4) is 0 Å². The number of aromatic hydroxyl groups is 2. The Bertz CT molecular complexity index is 1290. The van der Waals surface area contributed by atoms with E-state index in [1.165, 1.54) is 12.1 Å². The molecule has 31 heavy (non-hydrogen) atoms. The largest absolute Gasteiger partial charge is 0.507 e. The van der Waals surface area contributed by atoms with E-state index in [9.17, 15) is 10.2 Å². The van der Waals surface area contributed by atoms with E-state index in [0.717, 1.165) is 27.1 Å². The van der Waals surface area contributed by atoms with Crippen LogP contribution < -0.4 is 5.32 Å². The van der Waals surface area contributed by atoms with Crippen LogP contribution in [0.15, 0.2) is 82.8 Å². The van der Waals surface area contributed by atoms with E-state index in [2.05, 4.69) is 40.6 Å². The highest BCUT2D eigenvalue weighted by molar-refractivity contribution is 6.26. The molecule has 1 unspecified atom stereocenters. The predicted molar refractivity (Wildman–Crippen MR) is 123 cm³/mol. The fourth-order valence-electron chi connectivity index (χ4n) is 3.94. The average Bonchev–Trinajstić information content (AvgIpc) is 2.77. The molecule has 154 valence electrons. The second-order valence-electron chi connectivity index (χ2n) is 7.23. The zero-order valence-electron chi connectivity index (χ0n) is 16.9. The Kier molecular flexibility index (Phi) is 4.76. The maximum atomic E-state index is 10.4. The van der Waals surface area contributed by atoms with Gasteiger partial charge in [0.2, 0.25) is 6.35 Å².